The minimum absolute atomic E-state index is 0. The molecule has 1 aliphatic heterocycles. The second kappa shape index (κ2) is 8.98. The summed E-state index contributed by atoms with van der Waals surface area (Å²) in [5, 5.41) is 0. The van der Waals surface area contributed by atoms with Crippen molar-refractivity contribution in [2.75, 3.05) is 13.1 Å². The molecule has 0 spiro atoms. The number of halogens is 1. The summed E-state index contributed by atoms with van der Waals surface area (Å²) < 4.78 is 27.4. The Kier molecular flexibility index (Phi) is 7.87. The van der Waals surface area contributed by atoms with Gasteiger partial charge in [0.25, 0.3) is 0 Å². The van der Waals surface area contributed by atoms with Crippen LogP contribution < -0.4 is 10.5 Å². The Hall–Kier alpha value is -1.15. The topological polar surface area (TPSA) is 92.5 Å². The number of hydrogen-bond donors (Lipinski definition) is 2. The van der Waals surface area contributed by atoms with Gasteiger partial charge in [-0.15, -0.1) is 12.4 Å². The largest absolute Gasteiger partial charge is 0.337 e. The summed E-state index contributed by atoms with van der Waals surface area (Å²) in [4.78, 5) is 14.6. The molecule has 0 radical (unpaired) electrons. The Morgan fingerprint density at radius 1 is 1.36 bits per heavy atom. The number of carbonyl (C=O) groups excluding carboxylic acids is 1. The summed E-state index contributed by atoms with van der Waals surface area (Å²) >= 11 is 0. The van der Waals surface area contributed by atoms with Crippen molar-refractivity contribution < 1.29 is 13.2 Å². The third-order valence-corrected chi connectivity index (χ3v) is 6.12. The summed E-state index contributed by atoms with van der Waals surface area (Å²) in [7, 11) is -3.72. The van der Waals surface area contributed by atoms with E-state index in [0.29, 0.717) is 19.0 Å². The maximum Gasteiger partial charge on any atom is 0.241 e. The number of nitrogens with zero attached hydrogens (tertiary/aromatic N) is 1. The molecule has 1 aromatic rings. The molecule has 0 saturated carbocycles. The molecule has 2 rings (SSSR count). The normalized spacial score (nSPS) is 22.2. The van der Waals surface area contributed by atoms with E-state index in [2.05, 4.69) is 11.6 Å². The van der Waals surface area contributed by atoms with Crippen LogP contribution >= 0.6 is 12.4 Å². The Morgan fingerprint density at radius 3 is 2.52 bits per heavy atom. The fourth-order valence-electron chi connectivity index (χ4n) is 3.08. The first-order chi connectivity index (χ1) is 11.2. The number of nitrogens with one attached hydrogen (secondary N) is 1. The summed E-state index contributed by atoms with van der Waals surface area (Å²) in [6, 6.07) is 5.71. The van der Waals surface area contributed by atoms with Crippen LogP contribution in [-0.4, -0.2) is 44.4 Å². The molecular formula is C17H28ClN3O3S. The Balaban J connectivity index is 0.00000312. The lowest BCUT2D eigenvalue weighted by Gasteiger charge is -2.39. The molecule has 142 valence electrons. The standard InChI is InChI=1S/C17H27N3O3S.ClH/c1-12-4-6-16(7-5-12)24(22,23)19-14(3)17(21)20-9-8-13(2)10-15(20)11-18;/h4-7,13-15,19H,8-11,18H2,1-3H3;1H. The van der Waals surface area contributed by atoms with Gasteiger partial charge >= 0.3 is 0 Å². The number of carbonyl (C=O) groups is 1. The number of benzene rings is 1. The summed E-state index contributed by atoms with van der Waals surface area (Å²) in [6.07, 6.45) is 1.78. The third kappa shape index (κ3) is 5.41. The van der Waals surface area contributed by atoms with E-state index in [1.54, 1.807) is 36.1 Å². The minimum Gasteiger partial charge on any atom is -0.337 e. The predicted octanol–water partition coefficient (Wildman–Crippen LogP) is 1.67. The zero-order valence-corrected chi connectivity index (χ0v) is 16.6. The number of aryl methyl sites for hydroxylation is 1. The van der Waals surface area contributed by atoms with Gasteiger partial charge in [0.05, 0.1) is 10.9 Å². The van der Waals surface area contributed by atoms with Gasteiger partial charge in [0.2, 0.25) is 15.9 Å². The first kappa shape index (κ1) is 21.9. The van der Waals surface area contributed by atoms with Crippen molar-refractivity contribution in [3.63, 3.8) is 0 Å². The highest BCUT2D eigenvalue weighted by atomic mass is 35.5. The Morgan fingerprint density at radius 2 is 1.96 bits per heavy atom. The van der Waals surface area contributed by atoms with E-state index in [1.165, 1.54) is 0 Å². The molecule has 3 atom stereocenters. The van der Waals surface area contributed by atoms with Gasteiger partial charge in [0, 0.05) is 19.1 Å². The maximum absolute atomic E-state index is 12.7. The lowest BCUT2D eigenvalue weighted by atomic mass is 9.92. The van der Waals surface area contributed by atoms with Crippen LogP contribution in [0.2, 0.25) is 0 Å². The molecule has 8 heteroatoms. The van der Waals surface area contributed by atoms with E-state index in [0.717, 1.165) is 18.4 Å². The second-order valence-corrected chi connectivity index (χ2v) is 8.42. The van der Waals surface area contributed by atoms with Crippen LogP contribution in [0.5, 0.6) is 0 Å². The number of hydrogen-bond acceptors (Lipinski definition) is 4. The van der Waals surface area contributed by atoms with E-state index >= 15 is 0 Å². The van der Waals surface area contributed by atoms with Gasteiger partial charge in [-0.05, 0) is 44.7 Å². The number of nitrogens with two attached hydrogens (primary N) is 1. The lowest BCUT2D eigenvalue weighted by Crippen LogP contribution is -2.55. The van der Waals surface area contributed by atoms with Crippen molar-refractivity contribution in [3.05, 3.63) is 29.8 Å². The minimum atomic E-state index is -3.72. The second-order valence-electron chi connectivity index (χ2n) is 6.71. The molecule has 1 aliphatic rings. The molecule has 1 amide bonds. The maximum atomic E-state index is 12.7. The summed E-state index contributed by atoms with van der Waals surface area (Å²) in [5.74, 6) is 0.315. The lowest BCUT2D eigenvalue weighted by molar-refractivity contribution is -0.136. The van der Waals surface area contributed by atoms with Gasteiger partial charge in [-0.3, -0.25) is 4.79 Å². The molecule has 1 aromatic carbocycles. The molecule has 25 heavy (non-hydrogen) atoms. The van der Waals surface area contributed by atoms with Crippen molar-refractivity contribution in [2.24, 2.45) is 11.7 Å². The van der Waals surface area contributed by atoms with E-state index in [1.807, 2.05) is 6.92 Å². The van der Waals surface area contributed by atoms with Crippen LogP contribution in [0.15, 0.2) is 29.2 Å². The smallest absolute Gasteiger partial charge is 0.241 e. The summed E-state index contributed by atoms with van der Waals surface area (Å²) in [5.41, 5.74) is 6.77. The summed E-state index contributed by atoms with van der Waals surface area (Å²) in [6.45, 7) is 6.64. The van der Waals surface area contributed by atoms with Crippen molar-refractivity contribution in [2.45, 2.75) is 50.6 Å². The number of rotatable bonds is 5. The van der Waals surface area contributed by atoms with Crippen LogP contribution in [0.3, 0.4) is 0 Å². The quantitative estimate of drug-likeness (QED) is 0.801. The van der Waals surface area contributed by atoms with Crippen molar-refractivity contribution in [1.29, 1.82) is 0 Å². The van der Waals surface area contributed by atoms with Crippen LogP contribution in [0.1, 0.15) is 32.3 Å². The van der Waals surface area contributed by atoms with Crippen LogP contribution in [0.4, 0.5) is 0 Å². The van der Waals surface area contributed by atoms with Crippen molar-refractivity contribution >= 4 is 28.3 Å². The van der Waals surface area contributed by atoms with Gasteiger partial charge in [0.15, 0.2) is 0 Å². The van der Waals surface area contributed by atoms with Gasteiger partial charge in [0.1, 0.15) is 0 Å². The monoisotopic (exact) mass is 389 g/mol. The number of amides is 1. The van der Waals surface area contributed by atoms with E-state index in [9.17, 15) is 13.2 Å². The Labute approximate surface area is 156 Å². The number of sulfonamides is 1. The van der Waals surface area contributed by atoms with Gasteiger partial charge in [-0.1, -0.05) is 24.6 Å². The first-order valence-corrected chi connectivity index (χ1v) is 9.82. The average molecular weight is 390 g/mol. The molecule has 1 heterocycles. The first-order valence-electron chi connectivity index (χ1n) is 8.34. The highest BCUT2D eigenvalue weighted by Crippen LogP contribution is 2.22. The zero-order valence-electron chi connectivity index (χ0n) is 14.9. The zero-order chi connectivity index (χ0) is 17.9. The number of piperidine rings is 1. The molecule has 6 nitrogen and oxygen atoms in total. The van der Waals surface area contributed by atoms with Gasteiger partial charge < -0.3 is 10.6 Å². The Bertz CT molecular complexity index is 679. The third-order valence-electron chi connectivity index (χ3n) is 4.57. The fraction of sp³-hybridized carbons (Fsp3) is 0.588. The SMILES string of the molecule is Cc1ccc(S(=O)(=O)NC(C)C(=O)N2CCC(C)CC2CN)cc1.Cl. The van der Waals surface area contributed by atoms with E-state index in [-0.39, 0.29) is 29.3 Å². The molecule has 1 fully saturated rings. The van der Waals surface area contributed by atoms with Gasteiger partial charge in [-0.25, -0.2) is 8.42 Å². The average Bonchev–Trinajstić information content (AvgIpc) is 2.54. The van der Waals surface area contributed by atoms with Crippen molar-refractivity contribution in [3.8, 4) is 0 Å². The number of likely N-dealkylation sites (tertiary alicyclic amines) is 1. The molecule has 1 saturated heterocycles. The highest BCUT2D eigenvalue weighted by molar-refractivity contribution is 7.89. The molecular weight excluding hydrogens is 362 g/mol. The molecule has 0 aliphatic carbocycles. The van der Waals surface area contributed by atoms with E-state index in [4.69, 9.17) is 5.73 Å². The predicted molar refractivity (Wildman–Crippen MR) is 101 cm³/mol. The highest BCUT2D eigenvalue weighted by Gasteiger charge is 2.33. The van der Waals surface area contributed by atoms with Crippen LogP contribution in [0.25, 0.3) is 0 Å². The molecule has 3 unspecified atom stereocenters. The fourth-order valence-corrected chi connectivity index (χ4v) is 4.28. The van der Waals surface area contributed by atoms with E-state index < -0.39 is 16.1 Å². The molecule has 0 aromatic heterocycles. The van der Waals surface area contributed by atoms with Crippen molar-refractivity contribution in [1.82, 2.24) is 9.62 Å². The van der Waals surface area contributed by atoms with Crippen LogP contribution in [-0.2, 0) is 14.8 Å². The molecule has 3 N–H and O–H groups in total. The van der Waals surface area contributed by atoms with Crippen LogP contribution in [0, 0.1) is 12.8 Å². The van der Waals surface area contributed by atoms with Gasteiger partial charge in [-0.2, -0.15) is 4.72 Å². The molecule has 0 bridgehead atoms.